The molecule has 1 aliphatic heterocycles. The van der Waals surface area contributed by atoms with Crippen LogP contribution in [0.4, 0.5) is 0 Å². The molecule has 2 N–H and O–H groups in total. The van der Waals surface area contributed by atoms with Crippen LogP contribution in [0.5, 0.6) is 0 Å². The zero-order valence-corrected chi connectivity index (χ0v) is 20.2. The van der Waals surface area contributed by atoms with Gasteiger partial charge in [-0.15, -0.1) is 24.0 Å². The van der Waals surface area contributed by atoms with Gasteiger partial charge in [-0.1, -0.05) is 18.2 Å². The van der Waals surface area contributed by atoms with Crippen molar-refractivity contribution < 1.29 is 9.15 Å². The topological polar surface area (TPSA) is 58.8 Å². The largest absolute Gasteiger partial charge is 0.469 e. The number of fused-ring (bicyclic) bond motifs is 1. The number of furan rings is 1. The van der Waals surface area contributed by atoms with Crippen LogP contribution in [0.3, 0.4) is 0 Å². The number of nitrogens with zero attached hydrogens (tertiary/aromatic N) is 1. The lowest BCUT2D eigenvalue weighted by Gasteiger charge is -2.22. The van der Waals surface area contributed by atoms with E-state index < -0.39 is 0 Å². The van der Waals surface area contributed by atoms with Crippen LogP contribution >= 0.6 is 24.0 Å². The van der Waals surface area contributed by atoms with Crippen LogP contribution in [-0.4, -0.2) is 32.3 Å². The van der Waals surface area contributed by atoms with Crippen molar-refractivity contribution in [2.24, 2.45) is 10.9 Å². The Labute approximate surface area is 197 Å². The lowest BCUT2D eigenvalue weighted by Crippen LogP contribution is -2.40. The molecule has 2 aromatic rings. The fourth-order valence-corrected chi connectivity index (χ4v) is 4.17. The lowest BCUT2D eigenvalue weighted by atomic mass is 9.89. The Kier molecular flexibility index (Phi) is 9.05. The number of benzene rings is 1. The molecule has 1 aromatic heterocycles. The van der Waals surface area contributed by atoms with Crippen molar-refractivity contribution in [2.45, 2.75) is 51.5 Å². The molecular weight excluding hydrogens is 489 g/mol. The van der Waals surface area contributed by atoms with Gasteiger partial charge < -0.3 is 19.8 Å². The predicted molar refractivity (Wildman–Crippen MR) is 132 cm³/mol. The summed E-state index contributed by atoms with van der Waals surface area (Å²) in [7, 11) is 0. The highest BCUT2D eigenvalue weighted by Gasteiger charge is 2.17. The number of guanidine groups is 1. The van der Waals surface area contributed by atoms with E-state index in [9.17, 15) is 0 Å². The van der Waals surface area contributed by atoms with E-state index in [4.69, 9.17) is 14.1 Å². The summed E-state index contributed by atoms with van der Waals surface area (Å²) < 4.78 is 10.9. The van der Waals surface area contributed by atoms with Gasteiger partial charge in [0.25, 0.3) is 0 Å². The molecule has 164 valence electrons. The average Bonchev–Trinajstić information content (AvgIpc) is 3.45. The van der Waals surface area contributed by atoms with Crippen molar-refractivity contribution in [3.63, 3.8) is 0 Å². The third-order valence-electron chi connectivity index (χ3n) is 6.00. The Bertz CT molecular complexity index is 801. The third-order valence-corrected chi connectivity index (χ3v) is 6.00. The molecule has 0 amide bonds. The molecule has 4 rings (SSSR count). The summed E-state index contributed by atoms with van der Waals surface area (Å²) in [4.78, 5) is 4.86. The smallest absolute Gasteiger partial charge is 0.191 e. The van der Waals surface area contributed by atoms with Crippen molar-refractivity contribution >= 4 is 29.9 Å². The number of aliphatic imine (C=N–C) groups is 1. The van der Waals surface area contributed by atoms with Crippen molar-refractivity contribution in [1.29, 1.82) is 0 Å². The van der Waals surface area contributed by atoms with Crippen LogP contribution < -0.4 is 10.6 Å². The van der Waals surface area contributed by atoms with Gasteiger partial charge in [0, 0.05) is 32.0 Å². The molecule has 5 nitrogen and oxygen atoms in total. The molecule has 2 aliphatic rings. The van der Waals surface area contributed by atoms with Crippen molar-refractivity contribution in [3.05, 3.63) is 59.0 Å². The van der Waals surface area contributed by atoms with E-state index in [0.717, 1.165) is 50.9 Å². The first-order valence-electron chi connectivity index (χ1n) is 11.0. The van der Waals surface area contributed by atoms with E-state index in [-0.39, 0.29) is 30.0 Å². The second-order valence-corrected chi connectivity index (χ2v) is 8.28. The molecule has 2 unspecified atom stereocenters. The van der Waals surface area contributed by atoms with Crippen LogP contribution in [0, 0.1) is 5.92 Å². The second kappa shape index (κ2) is 11.7. The minimum absolute atomic E-state index is 0. The second-order valence-electron chi connectivity index (χ2n) is 8.28. The van der Waals surface area contributed by atoms with E-state index in [2.05, 4.69) is 35.8 Å². The molecule has 0 saturated carbocycles. The molecule has 0 bridgehead atoms. The van der Waals surface area contributed by atoms with Gasteiger partial charge in [-0.2, -0.15) is 0 Å². The SMILES string of the molecule is CC(NC(=NCC1CCOC1)NCCc1ccco1)c1ccc2c(c1)CCCC2.I. The maximum Gasteiger partial charge on any atom is 0.191 e. The Morgan fingerprint density at radius 3 is 2.83 bits per heavy atom. The van der Waals surface area contributed by atoms with Gasteiger partial charge in [0.05, 0.1) is 18.9 Å². The van der Waals surface area contributed by atoms with Crippen molar-refractivity contribution in [3.8, 4) is 0 Å². The molecule has 2 heterocycles. The van der Waals surface area contributed by atoms with Crippen LogP contribution in [0.1, 0.15) is 54.7 Å². The number of hydrogen-bond acceptors (Lipinski definition) is 3. The minimum Gasteiger partial charge on any atom is -0.469 e. The van der Waals surface area contributed by atoms with E-state index >= 15 is 0 Å². The molecule has 30 heavy (non-hydrogen) atoms. The monoisotopic (exact) mass is 523 g/mol. The summed E-state index contributed by atoms with van der Waals surface area (Å²) in [6.07, 6.45) is 8.73. The highest BCUT2D eigenvalue weighted by Crippen LogP contribution is 2.24. The molecule has 1 fully saturated rings. The molecule has 1 aromatic carbocycles. The first-order valence-corrected chi connectivity index (χ1v) is 11.0. The number of hydrogen-bond donors (Lipinski definition) is 2. The molecule has 6 heteroatoms. The average molecular weight is 523 g/mol. The summed E-state index contributed by atoms with van der Waals surface area (Å²) >= 11 is 0. The fraction of sp³-hybridized carbons (Fsp3) is 0.542. The van der Waals surface area contributed by atoms with Crippen LogP contribution in [0.15, 0.2) is 46.0 Å². The van der Waals surface area contributed by atoms with Gasteiger partial charge >= 0.3 is 0 Å². The number of aryl methyl sites for hydroxylation is 2. The van der Waals surface area contributed by atoms with Gasteiger partial charge in [-0.3, -0.25) is 4.99 Å². The zero-order valence-electron chi connectivity index (χ0n) is 17.9. The maximum absolute atomic E-state index is 5.50. The first kappa shape index (κ1) is 23.1. The summed E-state index contributed by atoms with van der Waals surface area (Å²) in [6, 6.07) is 11.1. The molecule has 1 saturated heterocycles. The van der Waals surface area contributed by atoms with Gasteiger partial charge in [0.15, 0.2) is 5.96 Å². The van der Waals surface area contributed by atoms with Crippen molar-refractivity contribution in [2.75, 3.05) is 26.3 Å². The van der Waals surface area contributed by atoms with Crippen LogP contribution in [0.25, 0.3) is 0 Å². The van der Waals surface area contributed by atoms with E-state index in [1.54, 1.807) is 6.26 Å². The molecular formula is C24H34IN3O2. The van der Waals surface area contributed by atoms with Gasteiger partial charge in [0.2, 0.25) is 0 Å². The summed E-state index contributed by atoms with van der Waals surface area (Å²) in [6.45, 7) is 5.49. The van der Waals surface area contributed by atoms with Crippen LogP contribution in [0.2, 0.25) is 0 Å². The van der Waals surface area contributed by atoms with Gasteiger partial charge in [-0.05, 0) is 67.9 Å². The number of nitrogens with one attached hydrogen (secondary N) is 2. The summed E-state index contributed by atoms with van der Waals surface area (Å²) in [5.41, 5.74) is 4.38. The Morgan fingerprint density at radius 2 is 2.07 bits per heavy atom. The Morgan fingerprint density at radius 1 is 1.20 bits per heavy atom. The lowest BCUT2D eigenvalue weighted by molar-refractivity contribution is 0.187. The van der Waals surface area contributed by atoms with E-state index in [1.807, 2.05) is 12.1 Å². The molecule has 0 radical (unpaired) electrons. The molecule has 1 aliphatic carbocycles. The fourth-order valence-electron chi connectivity index (χ4n) is 4.17. The quantitative estimate of drug-likeness (QED) is 0.315. The maximum atomic E-state index is 5.50. The number of rotatable bonds is 7. The highest BCUT2D eigenvalue weighted by atomic mass is 127. The summed E-state index contributed by atoms with van der Waals surface area (Å²) in [5.74, 6) is 2.38. The highest BCUT2D eigenvalue weighted by molar-refractivity contribution is 14.0. The van der Waals surface area contributed by atoms with Gasteiger partial charge in [0.1, 0.15) is 5.76 Å². The van der Waals surface area contributed by atoms with Gasteiger partial charge in [-0.25, -0.2) is 0 Å². The normalized spacial score (nSPS) is 19.6. The van der Waals surface area contributed by atoms with E-state index in [1.165, 1.54) is 42.4 Å². The molecule has 0 spiro atoms. The minimum atomic E-state index is 0. The summed E-state index contributed by atoms with van der Waals surface area (Å²) in [5, 5.41) is 7.09. The van der Waals surface area contributed by atoms with E-state index in [0.29, 0.717) is 5.92 Å². The standard InChI is InChI=1S/C24H33N3O2.HI/c1-18(21-9-8-20-5-2-3-6-22(20)15-21)27-24(26-16-19-11-14-28-17-19)25-12-10-23-7-4-13-29-23;/h4,7-9,13,15,18-19H,2-3,5-6,10-12,14,16-17H2,1H3,(H2,25,26,27);1H. The third kappa shape index (κ3) is 6.48. The molecule has 2 atom stereocenters. The number of halogens is 1. The van der Waals surface area contributed by atoms with Crippen LogP contribution in [-0.2, 0) is 24.0 Å². The first-order chi connectivity index (χ1) is 14.3. The van der Waals surface area contributed by atoms with Crippen molar-refractivity contribution in [1.82, 2.24) is 10.6 Å². The predicted octanol–water partition coefficient (Wildman–Crippen LogP) is 4.65. The Hall–Kier alpha value is -1.54. The number of ether oxygens (including phenoxy) is 1. The Balaban J connectivity index is 0.00000256. The zero-order chi connectivity index (χ0) is 19.9.